The van der Waals surface area contributed by atoms with Crippen molar-refractivity contribution in [1.82, 2.24) is 14.7 Å². The Morgan fingerprint density at radius 3 is 2.29 bits per heavy atom. The molecule has 1 aromatic rings. The van der Waals surface area contributed by atoms with Crippen LogP contribution in [0, 0.1) is 0 Å². The number of fused-ring (bicyclic) bond motifs is 1. The summed E-state index contributed by atoms with van der Waals surface area (Å²) in [5.41, 5.74) is 1.19. The highest BCUT2D eigenvalue weighted by atomic mass is 32.2. The minimum absolute atomic E-state index is 0.0227. The van der Waals surface area contributed by atoms with E-state index >= 15 is 0 Å². The summed E-state index contributed by atoms with van der Waals surface area (Å²) in [6.45, 7) is 2.56. The van der Waals surface area contributed by atoms with Gasteiger partial charge in [0.2, 0.25) is 5.91 Å². The number of benzene rings is 1. The molecule has 0 saturated carbocycles. The first-order chi connectivity index (χ1) is 11.4. The van der Waals surface area contributed by atoms with E-state index in [9.17, 15) is 13.2 Å². The standard InChI is InChI=1S/C17H25N3O3S/c1-18(2)17(21)11-20-9-8-19(10-14-6-4-3-5-7-14)15-12-24(22,23)13-16(15)20/h3-7,15-16H,8-13H2,1-2H3/t15-,16+/m1/s1. The van der Waals surface area contributed by atoms with Crippen molar-refractivity contribution >= 4 is 15.7 Å². The number of nitrogens with zero attached hydrogens (tertiary/aromatic N) is 3. The minimum atomic E-state index is -3.05. The van der Waals surface area contributed by atoms with Crippen LogP contribution in [0.4, 0.5) is 0 Å². The number of likely N-dealkylation sites (N-methyl/N-ethyl adjacent to an activating group) is 1. The van der Waals surface area contributed by atoms with Crippen LogP contribution < -0.4 is 0 Å². The quantitative estimate of drug-likeness (QED) is 0.768. The Balaban J connectivity index is 1.76. The summed E-state index contributed by atoms with van der Waals surface area (Å²) in [6, 6.07) is 10.0. The van der Waals surface area contributed by atoms with Crippen molar-refractivity contribution in [3.05, 3.63) is 35.9 Å². The normalized spacial score (nSPS) is 26.9. The molecule has 0 aliphatic carbocycles. The first-order valence-corrected chi connectivity index (χ1v) is 10.1. The van der Waals surface area contributed by atoms with Gasteiger partial charge in [0.05, 0.1) is 18.1 Å². The summed E-state index contributed by atoms with van der Waals surface area (Å²) in [6.07, 6.45) is 0. The van der Waals surface area contributed by atoms with Crippen LogP contribution in [-0.2, 0) is 21.2 Å². The monoisotopic (exact) mass is 351 g/mol. The molecule has 0 bridgehead atoms. The molecule has 24 heavy (non-hydrogen) atoms. The van der Waals surface area contributed by atoms with E-state index in [1.165, 1.54) is 5.56 Å². The molecule has 0 aromatic heterocycles. The molecule has 0 spiro atoms. The second-order valence-corrected chi connectivity index (χ2v) is 9.08. The molecule has 2 heterocycles. The van der Waals surface area contributed by atoms with Crippen molar-refractivity contribution in [3.63, 3.8) is 0 Å². The molecule has 2 aliphatic heterocycles. The lowest BCUT2D eigenvalue weighted by atomic mass is 10.0. The maximum absolute atomic E-state index is 12.2. The average Bonchev–Trinajstić information content (AvgIpc) is 2.86. The SMILES string of the molecule is CN(C)C(=O)CN1CCN(Cc2ccccc2)[C@@H]2CS(=O)(=O)C[C@@H]21. The first kappa shape index (κ1) is 17.4. The third-order valence-electron chi connectivity index (χ3n) is 4.97. The van der Waals surface area contributed by atoms with Crippen LogP contribution in [0.1, 0.15) is 5.56 Å². The van der Waals surface area contributed by atoms with E-state index in [0.717, 1.165) is 19.6 Å². The Bertz CT molecular complexity index is 690. The van der Waals surface area contributed by atoms with E-state index in [-0.39, 0.29) is 29.5 Å². The average molecular weight is 351 g/mol. The smallest absolute Gasteiger partial charge is 0.236 e. The summed E-state index contributed by atoms with van der Waals surface area (Å²) in [5, 5.41) is 0. The summed E-state index contributed by atoms with van der Waals surface area (Å²) < 4.78 is 24.4. The number of carbonyl (C=O) groups is 1. The molecule has 0 N–H and O–H groups in total. The van der Waals surface area contributed by atoms with Gasteiger partial charge >= 0.3 is 0 Å². The molecule has 6 nitrogen and oxygen atoms in total. The van der Waals surface area contributed by atoms with Crippen LogP contribution in [0.3, 0.4) is 0 Å². The third-order valence-corrected chi connectivity index (χ3v) is 6.67. The molecular formula is C17H25N3O3S. The van der Waals surface area contributed by atoms with Crippen molar-refractivity contribution in [1.29, 1.82) is 0 Å². The fourth-order valence-corrected chi connectivity index (χ4v) is 5.67. The Hall–Kier alpha value is -1.44. The molecule has 2 saturated heterocycles. The molecule has 3 rings (SSSR count). The van der Waals surface area contributed by atoms with Crippen molar-refractivity contribution in [2.75, 3.05) is 45.2 Å². The van der Waals surface area contributed by atoms with Gasteiger partial charge in [0, 0.05) is 45.8 Å². The van der Waals surface area contributed by atoms with Crippen molar-refractivity contribution in [2.24, 2.45) is 0 Å². The topological polar surface area (TPSA) is 60.9 Å². The second kappa shape index (κ2) is 6.82. The number of sulfone groups is 1. The summed E-state index contributed by atoms with van der Waals surface area (Å²) in [4.78, 5) is 17.9. The fraction of sp³-hybridized carbons (Fsp3) is 0.588. The summed E-state index contributed by atoms with van der Waals surface area (Å²) >= 11 is 0. The molecule has 2 fully saturated rings. The summed E-state index contributed by atoms with van der Waals surface area (Å²) in [5.74, 6) is 0.371. The van der Waals surface area contributed by atoms with Crippen LogP contribution in [0.25, 0.3) is 0 Å². The molecular weight excluding hydrogens is 326 g/mol. The predicted molar refractivity (Wildman–Crippen MR) is 93.3 cm³/mol. The maximum atomic E-state index is 12.2. The van der Waals surface area contributed by atoms with Gasteiger partial charge in [-0.15, -0.1) is 0 Å². The molecule has 7 heteroatoms. The van der Waals surface area contributed by atoms with Crippen molar-refractivity contribution in [3.8, 4) is 0 Å². The predicted octanol–water partition coefficient (Wildman–Crippen LogP) is 0.0580. The van der Waals surface area contributed by atoms with Crippen LogP contribution in [-0.4, -0.2) is 86.3 Å². The van der Waals surface area contributed by atoms with Gasteiger partial charge < -0.3 is 4.90 Å². The molecule has 2 atom stereocenters. The fourth-order valence-electron chi connectivity index (χ4n) is 3.62. The Morgan fingerprint density at radius 1 is 1.08 bits per heavy atom. The van der Waals surface area contributed by atoms with Crippen LogP contribution >= 0.6 is 0 Å². The van der Waals surface area contributed by atoms with Gasteiger partial charge in [-0.3, -0.25) is 14.6 Å². The Kier molecular flexibility index (Phi) is 4.94. The van der Waals surface area contributed by atoms with Crippen molar-refractivity contribution < 1.29 is 13.2 Å². The van der Waals surface area contributed by atoms with Gasteiger partial charge in [0.25, 0.3) is 0 Å². The van der Waals surface area contributed by atoms with Gasteiger partial charge in [0.1, 0.15) is 0 Å². The van der Waals surface area contributed by atoms with E-state index in [1.54, 1.807) is 19.0 Å². The zero-order chi connectivity index (χ0) is 17.3. The van der Waals surface area contributed by atoms with Gasteiger partial charge in [-0.1, -0.05) is 30.3 Å². The number of hydrogen-bond donors (Lipinski definition) is 0. The highest BCUT2D eigenvalue weighted by molar-refractivity contribution is 7.91. The minimum Gasteiger partial charge on any atom is -0.348 e. The molecule has 1 amide bonds. The largest absolute Gasteiger partial charge is 0.348 e. The lowest BCUT2D eigenvalue weighted by Gasteiger charge is -2.43. The highest BCUT2D eigenvalue weighted by Gasteiger charge is 2.46. The lowest BCUT2D eigenvalue weighted by Crippen LogP contribution is -2.60. The Labute approximate surface area is 144 Å². The molecule has 0 unspecified atom stereocenters. The molecule has 2 aliphatic rings. The van der Waals surface area contributed by atoms with Crippen molar-refractivity contribution in [2.45, 2.75) is 18.6 Å². The zero-order valence-corrected chi connectivity index (χ0v) is 15.1. The van der Waals surface area contributed by atoms with Gasteiger partial charge in [0.15, 0.2) is 9.84 Å². The number of hydrogen-bond acceptors (Lipinski definition) is 5. The van der Waals surface area contributed by atoms with E-state index in [4.69, 9.17) is 0 Å². The van der Waals surface area contributed by atoms with Crippen LogP contribution in [0.5, 0.6) is 0 Å². The van der Waals surface area contributed by atoms with Gasteiger partial charge in [-0.2, -0.15) is 0 Å². The molecule has 1 aromatic carbocycles. The number of piperazine rings is 1. The first-order valence-electron chi connectivity index (χ1n) is 8.28. The summed E-state index contributed by atoms with van der Waals surface area (Å²) in [7, 11) is 0.415. The number of carbonyl (C=O) groups excluding carboxylic acids is 1. The maximum Gasteiger partial charge on any atom is 0.236 e. The molecule has 0 radical (unpaired) electrons. The van der Waals surface area contributed by atoms with E-state index in [2.05, 4.69) is 21.9 Å². The van der Waals surface area contributed by atoms with Crippen LogP contribution in [0.2, 0.25) is 0 Å². The highest BCUT2D eigenvalue weighted by Crippen LogP contribution is 2.28. The van der Waals surface area contributed by atoms with E-state index < -0.39 is 9.84 Å². The van der Waals surface area contributed by atoms with Gasteiger partial charge in [-0.05, 0) is 5.56 Å². The third kappa shape index (κ3) is 3.79. The molecule has 132 valence electrons. The van der Waals surface area contributed by atoms with E-state index in [1.807, 2.05) is 18.2 Å². The van der Waals surface area contributed by atoms with Crippen LogP contribution in [0.15, 0.2) is 30.3 Å². The Morgan fingerprint density at radius 2 is 1.67 bits per heavy atom. The number of rotatable bonds is 4. The second-order valence-electron chi connectivity index (χ2n) is 6.93. The number of amides is 1. The zero-order valence-electron chi connectivity index (χ0n) is 14.3. The van der Waals surface area contributed by atoms with E-state index in [0.29, 0.717) is 6.54 Å². The van der Waals surface area contributed by atoms with Gasteiger partial charge in [-0.25, -0.2) is 8.42 Å². The lowest BCUT2D eigenvalue weighted by molar-refractivity contribution is -0.131.